The normalized spacial score (nSPS) is 17.3. The molecule has 0 saturated carbocycles. The van der Waals surface area contributed by atoms with Gasteiger partial charge in [0.15, 0.2) is 0 Å². The minimum atomic E-state index is -3.66. The molecule has 2 aromatic carbocycles. The van der Waals surface area contributed by atoms with Gasteiger partial charge in [0.1, 0.15) is 11.5 Å². The number of nitrogens with zero attached hydrogens (tertiary/aromatic N) is 2. The van der Waals surface area contributed by atoms with Crippen LogP contribution in [0.5, 0.6) is 11.5 Å². The molecule has 2 aliphatic rings. The van der Waals surface area contributed by atoms with Crippen molar-refractivity contribution in [2.75, 3.05) is 63.8 Å². The fourth-order valence-corrected chi connectivity index (χ4v) is 5.84. The van der Waals surface area contributed by atoms with E-state index in [0.717, 1.165) is 24.9 Å². The van der Waals surface area contributed by atoms with Crippen LogP contribution in [0.25, 0.3) is 0 Å². The van der Waals surface area contributed by atoms with Gasteiger partial charge >= 0.3 is 0 Å². The lowest BCUT2D eigenvalue weighted by atomic mass is 10.1. The van der Waals surface area contributed by atoms with E-state index in [4.69, 9.17) is 14.2 Å². The summed E-state index contributed by atoms with van der Waals surface area (Å²) in [5.41, 5.74) is 1.46. The van der Waals surface area contributed by atoms with Crippen LogP contribution in [-0.2, 0) is 14.8 Å². The Labute approximate surface area is 200 Å². The Balaban J connectivity index is 1.71. The number of carbonyl (C=O) groups excluding carboxylic acids is 1. The van der Waals surface area contributed by atoms with Crippen LogP contribution in [0.15, 0.2) is 41.3 Å². The van der Waals surface area contributed by atoms with Crippen LogP contribution in [0.3, 0.4) is 0 Å². The number of rotatable bonds is 7. The van der Waals surface area contributed by atoms with E-state index in [-0.39, 0.29) is 4.90 Å². The molecule has 9 nitrogen and oxygen atoms in total. The highest BCUT2D eigenvalue weighted by molar-refractivity contribution is 7.89. The second-order valence-electron chi connectivity index (χ2n) is 8.26. The molecule has 1 N–H and O–H groups in total. The van der Waals surface area contributed by atoms with Crippen molar-refractivity contribution in [3.05, 3.63) is 42.0 Å². The van der Waals surface area contributed by atoms with E-state index in [1.807, 2.05) is 0 Å². The molecule has 2 heterocycles. The number of hydrogen-bond acceptors (Lipinski definition) is 7. The number of methoxy groups -OCH3 is 2. The van der Waals surface area contributed by atoms with E-state index in [2.05, 4.69) is 10.2 Å². The quantitative estimate of drug-likeness (QED) is 0.639. The van der Waals surface area contributed by atoms with Gasteiger partial charge in [-0.15, -0.1) is 0 Å². The van der Waals surface area contributed by atoms with Crippen LogP contribution in [0.2, 0.25) is 0 Å². The average Bonchev–Trinajstić information content (AvgIpc) is 2.89. The van der Waals surface area contributed by atoms with Crippen molar-refractivity contribution in [2.45, 2.75) is 24.2 Å². The fraction of sp³-hybridized carbons (Fsp3) is 0.458. The first-order valence-corrected chi connectivity index (χ1v) is 12.9. The van der Waals surface area contributed by atoms with E-state index in [9.17, 15) is 13.2 Å². The maximum Gasteiger partial charge on any atom is 0.259 e. The Kier molecular flexibility index (Phi) is 7.60. The lowest BCUT2D eigenvalue weighted by Gasteiger charge is -2.31. The molecule has 0 aliphatic carbocycles. The van der Waals surface area contributed by atoms with Crippen LogP contribution in [0.1, 0.15) is 29.6 Å². The first-order chi connectivity index (χ1) is 16.4. The number of benzene rings is 2. The summed E-state index contributed by atoms with van der Waals surface area (Å²) in [7, 11) is -0.649. The molecule has 2 saturated heterocycles. The molecule has 1 amide bonds. The van der Waals surface area contributed by atoms with Crippen molar-refractivity contribution in [3.8, 4) is 11.5 Å². The third-order valence-electron chi connectivity index (χ3n) is 6.17. The van der Waals surface area contributed by atoms with Gasteiger partial charge in [-0.3, -0.25) is 4.79 Å². The van der Waals surface area contributed by atoms with Gasteiger partial charge in [0.05, 0.1) is 49.3 Å². The highest BCUT2D eigenvalue weighted by Gasteiger charge is 2.28. The van der Waals surface area contributed by atoms with E-state index in [1.165, 1.54) is 18.5 Å². The Bertz CT molecular complexity index is 1130. The minimum Gasteiger partial charge on any atom is -0.497 e. The van der Waals surface area contributed by atoms with Gasteiger partial charge in [0, 0.05) is 26.2 Å². The number of sulfonamides is 1. The predicted molar refractivity (Wildman–Crippen MR) is 130 cm³/mol. The molecular formula is C24H31N3O6S. The third-order valence-corrected chi connectivity index (χ3v) is 8.07. The number of hydrogen-bond donors (Lipinski definition) is 1. The van der Waals surface area contributed by atoms with E-state index in [0.29, 0.717) is 62.1 Å². The maximum absolute atomic E-state index is 13.3. The Morgan fingerprint density at radius 3 is 2.35 bits per heavy atom. The number of carbonyl (C=O) groups is 1. The number of piperidine rings is 1. The average molecular weight is 490 g/mol. The second-order valence-corrected chi connectivity index (χ2v) is 10.2. The van der Waals surface area contributed by atoms with Gasteiger partial charge in [-0.2, -0.15) is 4.31 Å². The van der Waals surface area contributed by atoms with Crippen molar-refractivity contribution in [3.63, 3.8) is 0 Å². The molecule has 2 fully saturated rings. The zero-order chi connectivity index (χ0) is 24.1. The van der Waals surface area contributed by atoms with Gasteiger partial charge in [0.25, 0.3) is 5.91 Å². The molecule has 0 atom stereocenters. The largest absolute Gasteiger partial charge is 0.497 e. The predicted octanol–water partition coefficient (Wildman–Crippen LogP) is 2.97. The molecule has 0 bridgehead atoms. The van der Waals surface area contributed by atoms with Gasteiger partial charge in [-0.1, -0.05) is 6.42 Å². The number of nitrogens with one attached hydrogen (secondary N) is 1. The summed E-state index contributed by atoms with van der Waals surface area (Å²) in [6, 6.07) is 9.90. The first-order valence-electron chi connectivity index (χ1n) is 11.4. The Hall–Kier alpha value is -2.82. The minimum absolute atomic E-state index is 0.166. The summed E-state index contributed by atoms with van der Waals surface area (Å²) in [5, 5.41) is 2.93. The van der Waals surface area contributed by atoms with Crippen molar-refractivity contribution < 1.29 is 27.4 Å². The summed E-state index contributed by atoms with van der Waals surface area (Å²) in [5.74, 6) is 0.488. The Morgan fingerprint density at radius 2 is 1.68 bits per heavy atom. The summed E-state index contributed by atoms with van der Waals surface area (Å²) < 4.78 is 44.2. The SMILES string of the molecule is COc1ccc(OC)c(C(=O)Nc2cc(S(=O)(=O)N3CCCCC3)ccc2N2CCOCC2)c1. The lowest BCUT2D eigenvalue weighted by molar-refractivity contribution is 0.102. The van der Waals surface area contributed by atoms with Crippen LogP contribution < -0.4 is 19.7 Å². The number of ether oxygens (including phenoxy) is 3. The molecule has 0 aromatic heterocycles. The summed E-state index contributed by atoms with van der Waals surface area (Å²) in [6.45, 7) is 3.43. The van der Waals surface area contributed by atoms with Gasteiger partial charge in [-0.25, -0.2) is 8.42 Å². The van der Waals surface area contributed by atoms with Gasteiger partial charge in [-0.05, 0) is 49.2 Å². The van der Waals surface area contributed by atoms with E-state index in [1.54, 1.807) is 36.4 Å². The van der Waals surface area contributed by atoms with Crippen LogP contribution in [0.4, 0.5) is 11.4 Å². The first kappa shape index (κ1) is 24.3. The standard InChI is InChI=1S/C24H31N3O6S/c1-31-18-6-9-23(32-2)20(16-18)24(28)25-21-17-19(34(29,30)27-10-4-3-5-11-27)7-8-22(21)26-12-14-33-15-13-26/h6-9,16-17H,3-5,10-15H2,1-2H3,(H,25,28). The van der Waals surface area contributed by atoms with E-state index >= 15 is 0 Å². The van der Waals surface area contributed by atoms with Crippen LogP contribution in [0, 0.1) is 0 Å². The molecular weight excluding hydrogens is 458 g/mol. The Morgan fingerprint density at radius 1 is 0.941 bits per heavy atom. The topological polar surface area (TPSA) is 97.4 Å². The summed E-state index contributed by atoms with van der Waals surface area (Å²) in [6.07, 6.45) is 2.74. The molecule has 4 rings (SSSR count). The van der Waals surface area contributed by atoms with Crippen molar-refractivity contribution in [1.82, 2.24) is 4.31 Å². The van der Waals surface area contributed by atoms with Gasteiger partial charge in [0.2, 0.25) is 10.0 Å². The molecule has 2 aliphatic heterocycles. The molecule has 34 heavy (non-hydrogen) atoms. The van der Waals surface area contributed by atoms with Crippen molar-refractivity contribution in [1.29, 1.82) is 0 Å². The molecule has 0 radical (unpaired) electrons. The zero-order valence-corrected chi connectivity index (χ0v) is 20.4. The van der Waals surface area contributed by atoms with Crippen molar-refractivity contribution >= 4 is 27.3 Å². The van der Waals surface area contributed by atoms with Crippen LogP contribution in [-0.4, -0.2) is 72.2 Å². The monoisotopic (exact) mass is 489 g/mol. The van der Waals surface area contributed by atoms with E-state index < -0.39 is 15.9 Å². The molecule has 0 spiro atoms. The molecule has 184 valence electrons. The number of amides is 1. The molecule has 2 aromatic rings. The summed E-state index contributed by atoms with van der Waals surface area (Å²) >= 11 is 0. The second kappa shape index (κ2) is 10.6. The lowest BCUT2D eigenvalue weighted by Crippen LogP contribution is -2.37. The molecule has 10 heteroatoms. The number of morpholine rings is 1. The van der Waals surface area contributed by atoms with Crippen molar-refractivity contribution in [2.24, 2.45) is 0 Å². The van der Waals surface area contributed by atoms with Gasteiger partial charge < -0.3 is 24.4 Å². The van der Waals surface area contributed by atoms with Crippen LogP contribution >= 0.6 is 0 Å². The third kappa shape index (κ3) is 5.13. The molecule has 0 unspecified atom stereocenters. The number of anilines is 2. The maximum atomic E-state index is 13.3. The highest BCUT2D eigenvalue weighted by atomic mass is 32.2. The fourth-order valence-electron chi connectivity index (χ4n) is 4.29. The summed E-state index contributed by atoms with van der Waals surface area (Å²) in [4.78, 5) is 15.6. The highest BCUT2D eigenvalue weighted by Crippen LogP contribution is 2.33. The smallest absolute Gasteiger partial charge is 0.259 e. The zero-order valence-electron chi connectivity index (χ0n) is 19.6.